The summed E-state index contributed by atoms with van der Waals surface area (Å²) in [5, 5.41) is 5.45. The fourth-order valence-corrected chi connectivity index (χ4v) is 3.62. The number of thiophene rings is 1. The van der Waals surface area contributed by atoms with Crippen molar-refractivity contribution in [1.29, 1.82) is 0 Å². The van der Waals surface area contributed by atoms with Crippen LogP contribution in [0.15, 0.2) is 23.0 Å². The van der Waals surface area contributed by atoms with Crippen molar-refractivity contribution >= 4 is 42.2 Å². The van der Waals surface area contributed by atoms with Crippen molar-refractivity contribution in [3.05, 3.63) is 34.2 Å². The van der Waals surface area contributed by atoms with Crippen molar-refractivity contribution in [1.82, 2.24) is 4.98 Å². The largest absolute Gasteiger partial charge is 0.244 e. The molecule has 0 aliphatic heterocycles. The van der Waals surface area contributed by atoms with Crippen molar-refractivity contribution in [3.8, 4) is 9.88 Å². The summed E-state index contributed by atoms with van der Waals surface area (Å²) in [4.78, 5) is 5.75. The Hall–Kier alpha value is -0.580. The molecule has 2 aromatic rings. The van der Waals surface area contributed by atoms with Gasteiger partial charge in [-0.05, 0) is 29.3 Å². The van der Waals surface area contributed by atoms with Gasteiger partial charge in [0.2, 0.25) is 0 Å². The van der Waals surface area contributed by atoms with Gasteiger partial charge < -0.3 is 0 Å². The van der Waals surface area contributed by atoms with Gasteiger partial charge in [-0.3, -0.25) is 0 Å². The molecule has 4 heteroatoms. The van der Waals surface area contributed by atoms with Crippen LogP contribution in [0.25, 0.3) is 16.0 Å². The summed E-state index contributed by atoms with van der Waals surface area (Å²) < 4.78 is 0. The Morgan fingerprint density at radius 2 is 2.20 bits per heavy atom. The molecule has 0 spiro atoms. The van der Waals surface area contributed by atoms with E-state index in [-0.39, 0.29) is 13.5 Å². The van der Waals surface area contributed by atoms with Crippen LogP contribution in [0.1, 0.15) is 17.5 Å². The van der Waals surface area contributed by atoms with Crippen LogP contribution in [0, 0.1) is 0 Å². The monoisotopic (exact) mass is 253 g/mol. The predicted octanol–water partition coefficient (Wildman–Crippen LogP) is 3.94. The van der Waals surface area contributed by atoms with Gasteiger partial charge in [-0.25, -0.2) is 4.98 Å². The quantitative estimate of drug-likeness (QED) is 0.750. The maximum absolute atomic E-state index is 4.37. The normalized spacial score (nSPS) is 13.3. The second-order valence-electron chi connectivity index (χ2n) is 3.28. The molecule has 0 atom stereocenters. The second-order valence-corrected chi connectivity index (χ2v) is 5.05. The van der Waals surface area contributed by atoms with Gasteiger partial charge in [0.05, 0.1) is 4.88 Å². The molecular weight excluding hydrogens is 242 g/mol. The van der Waals surface area contributed by atoms with E-state index in [0.717, 1.165) is 0 Å². The molecule has 0 saturated heterocycles. The maximum Gasteiger partial charge on any atom is 0.133 e. The number of fused-ring (bicyclic) bond motifs is 1. The molecule has 0 fully saturated rings. The molecule has 0 saturated carbocycles. The minimum Gasteiger partial charge on any atom is -0.244 e. The smallest absolute Gasteiger partial charge is 0.133 e. The molecule has 0 radical (unpaired) electrons. The van der Waals surface area contributed by atoms with Crippen LogP contribution < -0.4 is 0 Å². The first-order valence-corrected chi connectivity index (χ1v) is 6.38. The number of hydrogen-bond acceptors (Lipinski definition) is 3. The molecule has 1 aliphatic carbocycles. The van der Waals surface area contributed by atoms with Crippen LogP contribution in [0.2, 0.25) is 0 Å². The Balaban J connectivity index is 0.000000853. The van der Waals surface area contributed by atoms with E-state index in [1.54, 1.807) is 11.3 Å². The highest BCUT2D eigenvalue weighted by Gasteiger charge is 2.14. The first kappa shape index (κ1) is 10.9. The first-order valence-electron chi connectivity index (χ1n) is 4.62. The Morgan fingerprint density at radius 3 is 3.00 bits per heavy atom. The number of nitrogens with zero attached hydrogens (tertiary/aromatic N) is 1. The fourth-order valence-electron chi connectivity index (χ4n) is 1.75. The third-order valence-corrected chi connectivity index (χ3v) is 4.38. The molecule has 15 heavy (non-hydrogen) atoms. The lowest BCUT2D eigenvalue weighted by atomic mass is 10.0. The summed E-state index contributed by atoms with van der Waals surface area (Å²) in [7, 11) is 0. The van der Waals surface area contributed by atoms with Crippen LogP contribution in [-0.2, 0) is 6.42 Å². The molecular formula is C11H11NS3. The number of thiazole rings is 1. The lowest BCUT2D eigenvalue weighted by molar-refractivity contribution is 0.995. The summed E-state index contributed by atoms with van der Waals surface area (Å²) in [6, 6.07) is 0. The van der Waals surface area contributed by atoms with Gasteiger partial charge in [0.25, 0.3) is 0 Å². The number of rotatable bonds is 1. The molecule has 0 N–H and O–H groups in total. The Kier molecular flexibility index (Phi) is 3.29. The van der Waals surface area contributed by atoms with Crippen LogP contribution >= 0.6 is 36.2 Å². The molecule has 3 rings (SSSR count). The molecule has 2 heterocycles. The van der Waals surface area contributed by atoms with Crippen molar-refractivity contribution in [2.45, 2.75) is 12.8 Å². The SMILES string of the molecule is C1=Cc2csc(-c3nccs3)c2CC1.S. The molecule has 78 valence electrons. The average Bonchev–Trinajstić information content (AvgIpc) is 2.85. The highest BCUT2D eigenvalue weighted by atomic mass is 32.1. The van der Waals surface area contributed by atoms with Crippen molar-refractivity contribution in [2.24, 2.45) is 0 Å². The number of allylic oxidation sites excluding steroid dienone is 1. The molecule has 1 aliphatic rings. The molecule has 0 unspecified atom stereocenters. The predicted molar refractivity (Wildman–Crippen MR) is 73.2 cm³/mol. The fraction of sp³-hybridized carbons (Fsp3) is 0.182. The van der Waals surface area contributed by atoms with Gasteiger partial charge in [-0.1, -0.05) is 12.2 Å². The van der Waals surface area contributed by atoms with Gasteiger partial charge in [0, 0.05) is 11.6 Å². The van der Waals surface area contributed by atoms with Crippen LogP contribution in [0.4, 0.5) is 0 Å². The second kappa shape index (κ2) is 4.51. The topological polar surface area (TPSA) is 12.9 Å². The lowest BCUT2D eigenvalue weighted by Crippen LogP contribution is -1.91. The summed E-state index contributed by atoms with van der Waals surface area (Å²) in [6.07, 6.45) is 8.70. The average molecular weight is 253 g/mol. The maximum atomic E-state index is 4.37. The van der Waals surface area contributed by atoms with Crippen molar-refractivity contribution in [3.63, 3.8) is 0 Å². The van der Waals surface area contributed by atoms with Gasteiger partial charge in [0.15, 0.2) is 0 Å². The lowest BCUT2D eigenvalue weighted by Gasteiger charge is -2.05. The molecule has 0 bridgehead atoms. The Morgan fingerprint density at radius 1 is 1.27 bits per heavy atom. The van der Waals surface area contributed by atoms with E-state index in [0.29, 0.717) is 0 Å². The van der Waals surface area contributed by atoms with Crippen LogP contribution in [0.5, 0.6) is 0 Å². The summed E-state index contributed by atoms with van der Waals surface area (Å²) in [5.74, 6) is 0. The van der Waals surface area contributed by atoms with Gasteiger partial charge in [-0.15, -0.1) is 22.7 Å². The zero-order valence-electron chi connectivity index (χ0n) is 8.06. The van der Waals surface area contributed by atoms with Crippen LogP contribution in [-0.4, -0.2) is 4.98 Å². The molecule has 1 nitrogen and oxygen atoms in total. The summed E-state index contributed by atoms with van der Waals surface area (Å²) in [5.41, 5.74) is 2.89. The van der Waals surface area contributed by atoms with E-state index < -0.39 is 0 Å². The number of hydrogen-bond donors (Lipinski definition) is 0. The van der Waals surface area contributed by atoms with E-state index in [1.807, 2.05) is 22.9 Å². The third-order valence-electron chi connectivity index (χ3n) is 2.41. The van der Waals surface area contributed by atoms with Gasteiger partial charge >= 0.3 is 0 Å². The van der Waals surface area contributed by atoms with E-state index in [4.69, 9.17) is 0 Å². The van der Waals surface area contributed by atoms with Crippen molar-refractivity contribution < 1.29 is 0 Å². The van der Waals surface area contributed by atoms with Crippen molar-refractivity contribution in [2.75, 3.05) is 0 Å². The van der Waals surface area contributed by atoms with Crippen LogP contribution in [0.3, 0.4) is 0 Å². The number of aromatic nitrogens is 1. The minimum absolute atomic E-state index is 0. The first-order chi connectivity index (χ1) is 6.95. The third kappa shape index (κ3) is 1.89. The standard InChI is InChI=1S/C11H9NS2.H2S/c1-2-4-9-8(3-1)7-14-10(9)11-12-5-6-13-11;/h1,3,5-7H,2,4H2;1H2. The van der Waals surface area contributed by atoms with Gasteiger partial charge in [-0.2, -0.15) is 13.5 Å². The van der Waals surface area contributed by atoms with Gasteiger partial charge in [0.1, 0.15) is 5.01 Å². The molecule has 0 aromatic carbocycles. The molecule has 0 amide bonds. The Labute approximate surface area is 104 Å². The highest BCUT2D eigenvalue weighted by Crippen LogP contribution is 2.37. The van der Waals surface area contributed by atoms with E-state index >= 15 is 0 Å². The van der Waals surface area contributed by atoms with E-state index in [1.165, 1.54) is 33.9 Å². The van der Waals surface area contributed by atoms with E-state index in [9.17, 15) is 0 Å². The summed E-state index contributed by atoms with van der Waals surface area (Å²) in [6.45, 7) is 0. The highest BCUT2D eigenvalue weighted by molar-refractivity contribution is 7.59. The zero-order chi connectivity index (χ0) is 9.38. The minimum atomic E-state index is 0. The van der Waals surface area contributed by atoms with E-state index in [2.05, 4.69) is 22.5 Å². The molecule has 2 aromatic heterocycles. The summed E-state index contributed by atoms with van der Waals surface area (Å²) >= 11 is 3.55. The Bertz CT molecular complexity index is 468. The zero-order valence-corrected chi connectivity index (χ0v) is 10.7.